The molecule has 172 valence electrons. The molecule has 2 aliphatic rings. The number of methoxy groups -OCH3 is 1. The van der Waals surface area contributed by atoms with E-state index in [0.717, 1.165) is 18.4 Å². The Bertz CT molecular complexity index is 1270. The maximum Gasteiger partial charge on any atom is 0.274 e. The molecule has 1 aromatic carbocycles. The summed E-state index contributed by atoms with van der Waals surface area (Å²) < 4.78 is 20.4. The Labute approximate surface area is 193 Å². The third-order valence-corrected chi connectivity index (χ3v) is 7.24. The van der Waals surface area contributed by atoms with Crippen LogP contribution in [0.2, 0.25) is 0 Å². The molecule has 8 nitrogen and oxygen atoms in total. The third-order valence-electron chi connectivity index (χ3n) is 6.28. The second kappa shape index (κ2) is 8.35. The van der Waals surface area contributed by atoms with Crippen LogP contribution >= 0.6 is 11.3 Å². The van der Waals surface area contributed by atoms with Crippen molar-refractivity contribution in [3.8, 4) is 16.3 Å². The van der Waals surface area contributed by atoms with Crippen LogP contribution in [0, 0.1) is 5.82 Å². The highest BCUT2D eigenvalue weighted by Crippen LogP contribution is 2.37. The Kier molecular flexibility index (Phi) is 5.49. The van der Waals surface area contributed by atoms with Crippen molar-refractivity contribution in [2.75, 3.05) is 13.7 Å². The zero-order valence-corrected chi connectivity index (χ0v) is 19.0. The summed E-state index contributed by atoms with van der Waals surface area (Å²) in [5, 5.41) is 20.1. The summed E-state index contributed by atoms with van der Waals surface area (Å²) in [5.41, 5.74) is 0.385. The number of amides is 1. The van der Waals surface area contributed by atoms with Crippen LogP contribution in [-0.4, -0.2) is 56.5 Å². The van der Waals surface area contributed by atoms with Gasteiger partial charge in [0.1, 0.15) is 10.8 Å². The number of pyridine rings is 1. The number of carbonyl (C=O) groups excluding carboxylic acids is 1. The predicted molar refractivity (Wildman–Crippen MR) is 120 cm³/mol. The van der Waals surface area contributed by atoms with Crippen LogP contribution in [0.3, 0.4) is 0 Å². The van der Waals surface area contributed by atoms with E-state index in [-0.39, 0.29) is 41.2 Å². The average Bonchev–Trinajstić information content (AvgIpc) is 3.55. The molecule has 5 rings (SSSR count). The molecule has 3 aromatic rings. The number of carbonyl (C=O) groups is 1. The molecule has 2 aromatic heterocycles. The van der Waals surface area contributed by atoms with Crippen molar-refractivity contribution in [3.05, 3.63) is 62.8 Å². The second-order valence-corrected chi connectivity index (χ2v) is 9.54. The molecule has 1 N–H and O–H groups in total. The Morgan fingerprint density at radius 3 is 2.64 bits per heavy atom. The molecule has 0 unspecified atom stereocenters. The third kappa shape index (κ3) is 3.93. The fourth-order valence-electron chi connectivity index (χ4n) is 4.20. The number of nitrogens with zero attached hydrogens (tertiary/aromatic N) is 4. The summed E-state index contributed by atoms with van der Waals surface area (Å²) >= 11 is 1.22. The van der Waals surface area contributed by atoms with Gasteiger partial charge in [-0.3, -0.25) is 9.59 Å². The van der Waals surface area contributed by atoms with Crippen molar-refractivity contribution in [2.24, 2.45) is 0 Å². The molecule has 1 aliphatic carbocycles. The van der Waals surface area contributed by atoms with Crippen molar-refractivity contribution in [1.82, 2.24) is 19.7 Å². The number of hydrogen-bond acceptors (Lipinski definition) is 7. The minimum atomic E-state index is -0.652. The van der Waals surface area contributed by atoms with E-state index in [2.05, 4.69) is 10.2 Å². The molecule has 3 heterocycles. The summed E-state index contributed by atoms with van der Waals surface area (Å²) in [4.78, 5) is 27.9. The van der Waals surface area contributed by atoms with Crippen LogP contribution in [0.4, 0.5) is 4.39 Å². The Morgan fingerprint density at radius 2 is 1.97 bits per heavy atom. The van der Waals surface area contributed by atoms with Crippen molar-refractivity contribution in [1.29, 1.82) is 0 Å². The van der Waals surface area contributed by atoms with Crippen LogP contribution in [0.15, 0.2) is 35.3 Å². The number of benzene rings is 1. The lowest BCUT2D eigenvalue weighted by Crippen LogP contribution is -2.48. The van der Waals surface area contributed by atoms with Crippen LogP contribution in [0.5, 0.6) is 5.75 Å². The fraction of sp³-hybridized carbons (Fsp3) is 0.391. The van der Waals surface area contributed by atoms with E-state index in [1.165, 1.54) is 23.5 Å². The van der Waals surface area contributed by atoms with Gasteiger partial charge in [0, 0.05) is 32.3 Å². The molecule has 1 amide bonds. The lowest BCUT2D eigenvalue weighted by atomic mass is 10.0. The SMILES string of the molecule is CO[C@H](C)[C@H]1CN(C2CC2)C(=O)c2c(O)c(=O)c(-c3nnc(Cc4ccc(F)cc4)s3)cn21. The van der Waals surface area contributed by atoms with Gasteiger partial charge < -0.3 is 19.3 Å². The van der Waals surface area contributed by atoms with E-state index in [4.69, 9.17) is 4.74 Å². The van der Waals surface area contributed by atoms with Crippen molar-refractivity contribution >= 4 is 17.2 Å². The first-order valence-electron chi connectivity index (χ1n) is 10.8. The van der Waals surface area contributed by atoms with E-state index in [1.54, 1.807) is 34.9 Å². The molecule has 0 saturated heterocycles. The van der Waals surface area contributed by atoms with Crippen LogP contribution < -0.4 is 5.43 Å². The number of aromatic hydroxyl groups is 1. The van der Waals surface area contributed by atoms with Crippen molar-refractivity contribution in [2.45, 2.75) is 44.4 Å². The van der Waals surface area contributed by atoms with E-state index >= 15 is 0 Å². The molecular weight excluding hydrogens is 447 g/mol. The van der Waals surface area contributed by atoms with Gasteiger partial charge in [-0.05, 0) is 37.5 Å². The normalized spacial score (nSPS) is 18.9. The number of halogens is 1. The first kappa shape index (κ1) is 21.7. The maximum atomic E-state index is 13.2. The Hall–Kier alpha value is -3.11. The molecule has 1 saturated carbocycles. The predicted octanol–water partition coefficient (Wildman–Crippen LogP) is 3.00. The number of ether oxygens (including phenoxy) is 1. The smallest absolute Gasteiger partial charge is 0.274 e. The molecule has 2 atom stereocenters. The summed E-state index contributed by atoms with van der Waals surface area (Å²) in [7, 11) is 1.60. The van der Waals surface area contributed by atoms with E-state index in [0.29, 0.717) is 23.0 Å². The van der Waals surface area contributed by atoms with Gasteiger partial charge in [0.2, 0.25) is 5.43 Å². The first-order chi connectivity index (χ1) is 15.9. The standard InChI is InChI=1S/C23H23FN4O4S/c1-12(32-2)17-11-27(15-7-8-15)23(31)19-21(30)20(29)16(10-28(17)19)22-26-25-18(33-22)9-13-3-5-14(24)6-4-13/h3-6,10,12,15,17,30H,7-9,11H2,1-2H3/t12-,17-/m1/s1. The summed E-state index contributed by atoms with van der Waals surface area (Å²) in [6.45, 7) is 2.34. The zero-order chi connectivity index (χ0) is 23.3. The monoisotopic (exact) mass is 470 g/mol. The largest absolute Gasteiger partial charge is 0.503 e. The van der Waals surface area contributed by atoms with Crippen molar-refractivity contribution in [3.63, 3.8) is 0 Å². The van der Waals surface area contributed by atoms with Crippen LogP contribution in [-0.2, 0) is 11.2 Å². The molecule has 1 fully saturated rings. The highest BCUT2D eigenvalue weighted by atomic mass is 32.1. The Morgan fingerprint density at radius 1 is 1.24 bits per heavy atom. The summed E-state index contributed by atoms with van der Waals surface area (Å²) in [6.07, 6.45) is 3.61. The van der Waals surface area contributed by atoms with Gasteiger partial charge in [0.25, 0.3) is 5.91 Å². The Balaban J connectivity index is 1.54. The van der Waals surface area contributed by atoms with Gasteiger partial charge in [-0.15, -0.1) is 10.2 Å². The first-order valence-corrected chi connectivity index (χ1v) is 11.6. The van der Waals surface area contributed by atoms with Crippen molar-refractivity contribution < 1.29 is 19.0 Å². The second-order valence-electron chi connectivity index (χ2n) is 8.48. The molecule has 0 radical (unpaired) electrons. The molecular formula is C23H23FN4O4S. The maximum absolute atomic E-state index is 13.2. The quantitative estimate of drug-likeness (QED) is 0.595. The van der Waals surface area contributed by atoms with Gasteiger partial charge in [0.15, 0.2) is 16.5 Å². The van der Waals surface area contributed by atoms with E-state index in [9.17, 15) is 19.1 Å². The minimum Gasteiger partial charge on any atom is -0.503 e. The molecule has 33 heavy (non-hydrogen) atoms. The van der Waals surface area contributed by atoms with Gasteiger partial charge in [-0.1, -0.05) is 23.5 Å². The average molecular weight is 471 g/mol. The number of fused-ring (bicyclic) bond motifs is 1. The fourth-order valence-corrected chi connectivity index (χ4v) is 5.08. The molecule has 1 aliphatic heterocycles. The summed E-state index contributed by atoms with van der Waals surface area (Å²) in [6, 6.07) is 5.98. The van der Waals surface area contributed by atoms with Gasteiger partial charge in [-0.25, -0.2) is 4.39 Å². The highest BCUT2D eigenvalue weighted by Gasteiger charge is 2.43. The lowest BCUT2D eigenvalue weighted by Gasteiger charge is -2.38. The van der Waals surface area contributed by atoms with Crippen LogP contribution in [0.25, 0.3) is 10.6 Å². The van der Waals surface area contributed by atoms with Gasteiger partial charge >= 0.3 is 0 Å². The molecule has 10 heteroatoms. The van der Waals surface area contributed by atoms with E-state index in [1.807, 2.05) is 6.92 Å². The lowest BCUT2D eigenvalue weighted by molar-refractivity contribution is 0.0317. The van der Waals surface area contributed by atoms with Crippen LogP contribution in [0.1, 0.15) is 46.9 Å². The summed E-state index contributed by atoms with van der Waals surface area (Å²) in [5.74, 6) is -1.23. The molecule has 0 bridgehead atoms. The minimum absolute atomic E-state index is 0.00755. The zero-order valence-electron chi connectivity index (χ0n) is 18.2. The van der Waals surface area contributed by atoms with Gasteiger partial charge in [-0.2, -0.15) is 0 Å². The highest BCUT2D eigenvalue weighted by molar-refractivity contribution is 7.14. The van der Waals surface area contributed by atoms with Gasteiger partial charge in [0.05, 0.1) is 17.7 Å². The number of hydrogen-bond donors (Lipinski definition) is 1. The number of aromatic nitrogens is 3. The number of rotatable bonds is 6. The topological polar surface area (TPSA) is 97.6 Å². The van der Waals surface area contributed by atoms with E-state index < -0.39 is 11.2 Å². The molecule has 0 spiro atoms.